The molecule has 0 aliphatic carbocycles. The van der Waals surface area contributed by atoms with E-state index in [1.807, 2.05) is 0 Å². The van der Waals surface area contributed by atoms with Gasteiger partial charge < -0.3 is 20.6 Å². The number of phenolic OH excluding ortho intramolecular Hbond substituents is 2. The number of aromatic hydroxyl groups is 2. The molecular formula is C10H15NO3. The number of aliphatic hydroxyl groups excluding tert-OH is 1. The van der Waals surface area contributed by atoms with E-state index in [1.54, 1.807) is 6.07 Å². The van der Waals surface area contributed by atoms with Gasteiger partial charge >= 0.3 is 0 Å². The lowest BCUT2D eigenvalue weighted by Gasteiger charge is -2.04. The van der Waals surface area contributed by atoms with Crippen molar-refractivity contribution in [2.75, 3.05) is 19.7 Å². The fraction of sp³-hybridized carbons (Fsp3) is 0.400. The minimum atomic E-state index is -0.0999. The molecule has 0 heterocycles. The van der Waals surface area contributed by atoms with E-state index in [-0.39, 0.29) is 18.1 Å². The molecule has 1 rings (SSSR count). The number of phenols is 2. The van der Waals surface area contributed by atoms with Crippen LogP contribution in [0, 0.1) is 0 Å². The Morgan fingerprint density at radius 3 is 2.50 bits per heavy atom. The van der Waals surface area contributed by atoms with Crippen LogP contribution in [0.3, 0.4) is 0 Å². The summed E-state index contributed by atoms with van der Waals surface area (Å²) in [5.41, 5.74) is 0.950. The maximum Gasteiger partial charge on any atom is 0.157 e. The number of hydrogen-bond acceptors (Lipinski definition) is 4. The molecule has 4 N–H and O–H groups in total. The zero-order valence-corrected chi connectivity index (χ0v) is 7.90. The zero-order valence-electron chi connectivity index (χ0n) is 7.90. The van der Waals surface area contributed by atoms with Gasteiger partial charge in [-0.2, -0.15) is 0 Å². The van der Waals surface area contributed by atoms with Crippen molar-refractivity contribution in [1.82, 2.24) is 5.32 Å². The van der Waals surface area contributed by atoms with Crippen LogP contribution >= 0.6 is 0 Å². The van der Waals surface area contributed by atoms with Gasteiger partial charge in [-0.05, 0) is 30.7 Å². The molecular weight excluding hydrogens is 182 g/mol. The van der Waals surface area contributed by atoms with E-state index in [4.69, 9.17) is 10.2 Å². The number of benzene rings is 1. The highest BCUT2D eigenvalue weighted by Crippen LogP contribution is 2.24. The number of nitrogens with one attached hydrogen (secondary N) is 1. The molecule has 0 fully saturated rings. The molecule has 0 aliphatic heterocycles. The Morgan fingerprint density at radius 2 is 1.86 bits per heavy atom. The summed E-state index contributed by atoms with van der Waals surface area (Å²) in [6.07, 6.45) is 0.758. The molecule has 0 radical (unpaired) electrons. The summed E-state index contributed by atoms with van der Waals surface area (Å²) < 4.78 is 0. The van der Waals surface area contributed by atoms with E-state index < -0.39 is 0 Å². The average molecular weight is 197 g/mol. The van der Waals surface area contributed by atoms with Crippen molar-refractivity contribution in [3.8, 4) is 11.5 Å². The van der Waals surface area contributed by atoms with Crippen molar-refractivity contribution in [1.29, 1.82) is 0 Å². The molecule has 78 valence electrons. The third kappa shape index (κ3) is 3.24. The molecule has 14 heavy (non-hydrogen) atoms. The van der Waals surface area contributed by atoms with E-state index in [2.05, 4.69) is 5.32 Å². The highest BCUT2D eigenvalue weighted by Gasteiger charge is 1.99. The molecule has 4 heteroatoms. The second-order valence-corrected chi connectivity index (χ2v) is 3.05. The van der Waals surface area contributed by atoms with E-state index in [0.29, 0.717) is 6.54 Å². The number of hydrogen-bond donors (Lipinski definition) is 4. The van der Waals surface area contributed by atoms with Gasteiger partial charge in [0.1, 0.15) is 0 Å². The summed E-state index contributed by atoms with van der Waals surface area (Å²) >= 11 is 0. The van der Waals surface area contributed by atoms with Gasteiger partial charge in [0.15, 0.2) is 11.5 Å². The zero-order chi connectivity index (χ0) is 10.4. The van der Waals surface area contributed by atoms with Gasteiger partial charge in [-0.3, -0.25) is 0 Å². The van der Waals surface area contributed by atoms with Crippen molar-refractivity contribution >= 4 is 0 Å². The fourth-order valence-electron chi connectivity index (χ4n) is 1.16. The van der Waals surface area contributed by atoms with Gasteiger partial charge in [-0.15, -0.1) is 0 Å². The molecule has 0 saturated heterocycles. The molecule has 0 aromatic heterocycles. The Kier molecular flexibility index (Phi) is 4.22. The number of aliphatic hydroxyl groups is 1. The summed E-state index contributed by atoms with van der Waals surface area (Å²) in [6, 6.07) is 4.77. The lowest BCUT2D eigenvalue weighted by molar-refractivity contribution is 0.293. The minimum absolute atomic E-state index is 0.0929. The Balaban J connectivity index is 2.39. The third-order valence-electron chi connectivity index (χ3n) is 1.92. The number of rotatable bonds is 5. The van der Waals surface area contributed by atoms with Crippen LogP contribution in [0.25, 0.3) is 0 Å². The Morgan fingerprint density at radius 1 is 1.07 bits per heavy atom. The third-order valence-corrected chi connectivity index (χ3v) is 1.92. The van der Waals surface area contributed by atoms with E-state index in [0.717, 1.165) is 18.5 Å². The summed E-state index contributed by atoms with van der Waals surface area (Å²) in [5.74, 6) is -0.193. The normalized spacial score (nSPS) is 10.4. The van der Waals surface area contributed by atoms with Gasteiger partial charge in [0.05, 0.1) is 6.61 Å². The Bertz CT molecular complexity index is 289. The van der Waals surface area contributed by atoms with Crippen molar-refractivity contribution in [3.05, 3.63) is 23.8 Å². The molecule has 0 saturated carbocycles. The Hall–Kier alpha value is -1.26. The lowest BCUT2D eigenvalue weighted by Crippen LogP contribution is -2.20. The maximum absolute atomic E-state index is 9.19. The molecule has 0 unspecified atom stereocenters. The SMILES string of the molecule is OCCNCCc1ccc(O)c(O)c1. The van der Waals surface area contributed by atoms with E-state index in [9.17, 15) is 5.11 Å². The maximum atomic E-state index is 9.19. The van der Waals surface area contributed by atoms with Gasteiger partial charge in [0.2, 0.25) is 0 Å². The van der Waals surface area contributed by atoms with Crippen LogP contribution in [-0.2, 0) is 6.42 Å². The monoisotopic (exact) mass is 197 g/mol. The predicted molar refractivity (Wildman–Crippen MR) is 53.4 cm³/mol. The molecule has 4 nitrogen and oxygen atoms in total. The molecule has 0 aliphatic rings. The van der Waals surface area contributed by atoms with Crippen molar-refractivity contribution < 1.29 is 15.3 Å². The van der Waals surface area contributed by atoms with Gasteiger partial charge in [0, 0.05) is 6.54 Å². The second-order valence-electron chi connectivity index (χ2n) is 3.05. The predicted octanol–water partition coefficient (Wildman–Crippen LogP) is 0.222. The molecule has 1 aromatic carbocycles. The summed E-state index contributed by atoms with van der Waals surface area (Å²) in [4.78, 5) is 0. The van der Waals surface area contributed by atoms with Crippen LogP contribution in [0.15, 0.2) is 18.2 Å². The fourth-order valence-corrected chi connectivity index (χ4v) is 1.16. The minimum Gasteiger partial charge on any atom is -0.504 e. The van der Waals surface area contributed by atoms with Crippen LogP contribution in [-0.4, -0.2) is 35.0 Å². The lowest BCUT2D eigenvalue weighted by atomic mass is 10.1. The molecule has 0 atom stereocenters. The highest BCUT2D eigenvalue weighted by molar-refractivity contribution is 5.40. The first-order valence-electron chi connectivity index (χ1n) is 4.56. The van der Waals surface area contributed by atoms with Crippen molar-refractivity contribution in [2.24, 2.45) is 0 Å². The smallest absolute Gasteiger partial charge is 0.157 e. The summed E-state index contributed by atoms with van der Waals surface area (Å²) in [5, 5.41) is 29.8. The quantitative estimate of drug-likeness (QED) is 0.402. The van der Waals surface area contributed by atoms with Crippen molar-refractivity contribution in [2.45, 2.75) is 6.42 Å². The van der Waals surface area contributed by atoms with Gasteiger partial charge in [-0.1, -0.05) is 6.07 Å². The molecule has 0 spiro atoms. The van der Waals surface area contributed by atoms with Crippen LogP contribution < -0.4 is 5.32 Å². The largest absolute Gasteiger partial charge is 0.504 e. The van der Waals surface area contributed by atoms with E-state index >= 15 is 0 Å². The van der Waals surface area contributed by atoms with Crippen LogP contribution in [0.4, 0.5) is 0 Å². The molecule has 0 amide bonds. The van der Waals surface area contributed by atoms with Crippen LogP contribution in [0.5, 0.6) is 11.5 Å². The van der Waals surface area contributed by atoms with Gasteiger partial charge in [-0.25, -0.2) is 0 Å². The Labute approximate surface area is 82.8 Å². The topological polar surface area (TPSA) is 72.7 Å². The standard InChI is InChI=1S/C10H15NO3/c12-6-5-11-4-3-8-1-2-9(13)10(14)7-8/h1-2,7,11-14H,3-6H2. The van der Waals surface area contributed by atoms with E-state index in [1.165, 1.54) is 12.1 Å². The summed E-state index contributed by atoms with van der Waals surface area (Å²) in [7, 11) is 0. The molecule has 1 aromatic rings. The summed E-state index contributed by atoms with van der Waals surface area (Å²) in [6.45, 7) is 1.44. The first-order chi connectivity index (χ1) is 6.74. The first-order valence-corrected chi connectivity index (χ1v) is 4.56. The average Bonchev–Trinajstić information content (AvgIpc) is 2.18. The highest BCUT2D eigenvalue weighted by atomic mass is 16.3. The van der Waals surface area contributed by atoms with Crippen LogP contribution in [0.2, 0.25) is 0 Å². The van der Waals surface area contributed by atoms with Gasteiger partial charge in [0.25, 0.3) is 0 Å². The van der Waals surface area contributed by atoms with Crippen LogP contribution in [0.1, 0.15) is 5.56 Å². The molecule has 0 bridgehead atoms. The second kappa shape index (κ2) is 5.47. The van der Waals surface area contributed by atoms with Crippen molar-refractivity contribution in [3.63, 3.8) is 0 Å². The first kappa shape index (κ1) is 10.8.